The Morgan fingerprint density at radius 1 is 1.47 bits per heavy atom. The molecule has 2 aromatic rings. The number of hydrogen-bond donors (Lipinski definition) is 2. The van der Waals surface area contributed by atoms with Crippen LogP contribution in [-0.4, -0.2) is 24.5 Å². The summed E-state index contributed by atoms with van der Waals surface area (Å²) in [4.78, 5) is 11.6. The highest BCUT2D eigenvalue weighted by Gasteiger charge is 2.11. The number of nitrogens with two attached hydrogens (primary N) is 1. The number of nitrogens with one attached hydrogen (secondary N) is 1. The minimum absolute atomic E-state index is 0.219. The Balaban J connectivity index is 2.58. The third kappa shape index (κ3) is 2.00. The number of hydrogen-bond acceptors (Lipinski definition) is 7. The molecular formula is C7H8N6S2. The molecule has 0 unspecified atom stereocenters. The third-order valence-corrected chi connectivity index (χ3v) is 2.73. The summed E-state index contributed by atoms with van der Waals surface area (Å²) in [5.41, 5.74) is 6.43. The van der Waals surface area contributed by atoms with E-state index in [9.17, 15) is 0 Å². The van der Waals surface area contributed by atoms with Gasteiger partial charge in [-0.05, 0) is 30.2 Å². The van der Waals surface area contributed by atoms with E-state index in [-0.39, 0.29) is 10.7 Å². The first-order valence-electron chi connectivity index (χ1n) is 4.26. The monoisotopic (exact) mass is 240 g/mol. The zero-order valence-electron chi connectivity index (χ0n) is 7.89. The van der Waals surface area contributed by atoms with Gasteiger partial charge in [-0.25, -0.2) is 0 Å². The maximum absolute atomic E-state index is 5.55. The van der Waals surface area contributed by atoms with Gasteiger partial charge in [-0.2, -0.15) is 9.97 Å². The van der Waals surface area contributed by atoms with Crippen molar-refractivity contribution in [1.29, 1.82) is 0 Å². The van der Waals surface area contributed by atoms with E-state index in [0.29, 0.717) is 5.82 Å². The molecule has 0 amide bonds. The van der Waals surface area contributed by atoms with Gasteiger partial charge in [-0.15, -0.1) is 5.10 Å². The molecule has 0 aliphatic heterocycles. The predicted molar refractivity (Wildman–Crippen MR) is 59.9 cm³/mol. The Kier molecular flexibility index (Phi) is 2.69. The second-order valence-corrected chi connectivity index (χ2v) is 3.89. The van der Waals surface area contributed by atoms with Crippen molar-refractivity contribution in [2.24, 2.45) is 0 Å². The van der Waals surface area contributed by atoms with E-state index in [1.807, 2.05) is 6.92 Å². The van der Waals surface area contributed by atoms with Crippen LogP contribution in [0, 0.1) is 4.77 Å². The van der Waals surface area contributed by atoms with Crippen LogP contribution in [0.4, 0.5) is 5.95 Å². The molecule has 2 rings (SSSR count). The van der Waals surface area contributed by atoms with Gasteiger partial charge < -0.3 is 10.7 Å². The maximum atomic E-state index is 5.55. The van der Waals surface area contributed by atoms with Crippen molar-refractivity contribution in [3.8, 4) is 10.7 Å². The average molecular weight is 240 g/mol. The molecule has 0 aliphatic rings. The van der Waals surface area contributed by atoms with Gasteiger partial charge in [0.25, 0.3) is 0 Å². The van der Waals surface area contributed by atoms with E-state index in [4.69, 9.17) is 18.0 Å². The molecule has 0 saturated carbocycles. The first-order chi connectivity index (χ1) is 7.20. The molecule has 2 heterocycles. The van der Waals surface area contributed by atoms with Crippen molar-refractivity contribution in [3.05, 3.63) is 10.5 Å². The van der Waals surface area contributed by atoms with Crippen LogP contribution in [0.1, 0.15) is 12.6 Å². The summed E-state index contributed by atoms with van der Waals surface area (Å²) >= 11 is 6.14. The summed E-state index contributed by atoms with van der Waals surface area (Å²) in [6, 6.07) is 0. The summed E-state index contributed by atoms with van der Waals surface area (Å²) in [5.74, 6) is 0.833. The summed E-state index contributed by atoms with van der Waals surface area (Å²) in [6.07, 6.45) is 0.788. The van der Waals surface area contributed by atoms with Crippen LogP contribution in [0.15, 0.2) is 0 Å². The van der Waals surface area contributed by atoms with Gasteiger partial charge in [-0.3, -0.25) is 0 Å². The molecule has 2 aromatic heterocycles. The zero-order chi connectivity index (χ0) is 10.8. The van der Waals surface area contributed by atoms with Crippen LogP contribution in [-0.2, 0) is 6.42 Å². The van der Waals surface area contributed by atoms with E-state index in [1.165, 1.54) is 11.5 Å². The summed E-state index contributed by atoms with van der Waals surface area (Å²) < 4.78 is 4.08. The van der Waals surface area contributed by atoms with E-state index >= 15 is 0 Å². The standard InChI is InChI=1S/C7H8N6S2/c1-2-3-4(15-13-12-3)5-9-6(8)11-7(14)10-5/h2H2,1H3,(H3,8,9,10,11,14). The molecule has 15 heavy (non-hydrogen) atoms. The number of nitrogen functional groups attached to an aromatic ring is 1. The summed E-state index contributed by atoms with van der Waals surface area (Å²) in [5, 5.41) is 3.98. The predicted octanol–water partition coefficient (Wildman–Crippen LogP) is 1.20. The largest absolute Gasteiger partial charge is 0.369 e. The van der Waals surface area contributed by atoms with Crippen LogP contribution < -0.4 is 5.73 Å². The number of aryl methyl sites for hydroxylation is 1. The third-order valence-electron chi connectivity index (χ3n) is 1.78. The lowest BCUT2D eigenvalue weighted by atomic mass is 10.3. The Bertz CT molecular complexity index is 530. The minimum Gasteiger partial charge on any atom is -0.369 e. The second kappa shape index (κ2) is 3.99. The van der Waals surface area contributed by atoms with Crippen LogP contribution in [0.3, 0.4) is 0 Å². The Labute approximate surface area is 94.8 Å². The van der Waals surface area contributed by atoms with Gasteiger partial charge in [-0.1, -0.05) is 11.4 Å². The topological polar surface area (TPSA) is 93.4 Å². The molecule has 6 nitrogen and oxygen atoms in total. The van der Waals surface area contributed by atoms with Gasteiger partial charge in [0.1, 0.15) is 4.88 Å². The van der Waals surface area contributed by atoms with Crippen LogP contribution in [0.2, 0.25) is 0 Å². The first kappa shape index (κ1) is 10.1. The SMILES string of the molecule is CCc1nnsc1-c1nc(=S)nc(N)[nH]1. The first-order valence-corrected chi connectivity index (χ1v) is 5.44. The number of H-pyrrole nitrogens is 1. The normalized spacial score (nSPS) is 10.5. The van der Waals surface area contributed by atoms with E-state index < -0.39 is 0 Å². The fraction of sp³-hybridized carbons (Fsp3) is 0.286. The summed E-state index contributed by atoms with van der Waals surface area (Å²) in [6.45, 7) is 2.00. The number of aromatic amines is 1. The van der Waals surface area contributed by atoms with Crippen molar-refractivity contribution >= 4 is 29.7 Å². The molecule has 0 bridgehead atoms. The van der Waals surface area contributed by atoms with Crippen LogP contribution in [0.5, 0.6) is 0 Å². The lowest BCUT2D eigenvalue weighted by Crippen LogP contribution is -2.00. The highest BCUT2D eigenvalue weighted by molar-refractivity contribution is 7.71. The lowest BCUT2D eigenvalue weighted by molar-refractivity contribution is 0.981. The van der Waals surface area contributed by atoms with Gasteiger partial charge in [0.15, 0.2) is 5.82 Å². The quantitative estimate of drug-likeness (QED) is 0.766. The molecule has 0 aromatic carbocycles. The molecule has 0 fully saturated rings. The molecule has 8 heteroatoms. The number of anilines is 1. The molecule has 0 aliphatic carbocycles. The Morgan fingerprint density at radius 3 is 2.93 bits per heavy atom. The highest BCUT2D eigenvalue weighted by Crippen LogP contribution is 2.22. The average Bonchev–Trinajstić information content (AvgIpc) is 2.63. The molecule has 0 spiro atoms. The van der Waals surface area contributed by atoms with Crippen molar-refractivity contribution in [2.45, 2.75) is 13.3 Å². The van der Waals surface area contributed by atoms with Gasteiger partial charge in [0, 0.05) is 0 Å². The van der Waals surface area contributed by atoms with Crippen molar-refractivity contribution in [1.82, 2.24) is 24.5 Å². The molecule has 0 radical (unpaired) electrons. The Hall–Kier alpha value is -1.41. The molecule has 3 N–H and O–H groups in total. The van der Waals surface area contributed by atoms with E-state index in [0.717, 1.165) is 17.0 Å². The van der Waals surface area contributed by atoms with Crippen molar-refractivity contribution in [3.63, 3.8) is 0 Å². The molecule has 0 saturated heterocycles. The zero-order valence-corrected chi connectivity index (χ0v) is 9.52. The number of rotatable bonds is 2. The fourth-order valence-corrected chi connectivity index (χ4v) is 2.01. The van der Waals surface area contributed by atoms with Gasteiger partial charge in [0.2, 0.25) is 10.7 Å². The van der Waals surface area contributed by atoms with Crippen molar-refractivity contribution < 1.29 is 0 Å². The highest BCUT2D eigenvalue weighted by atomic mass is 32.1. The number of nitrogens with zero attached hydrogens (tertiary/aromatic N) is 4. The minimum atomic E-state index is 0.219. The smallest absolute Gasteiger partial charge is 0.224 e. The molecule has 78 valence electrons. The number of aromatic nitrogens is 5. The molecule has 0 atom stereocenters. The van der Waals surface area contributed by atoms with Crippen LogP contribution >= 0.6 is 23.8 Å². The van der Waals surface area contributed by atoms with E-state index in [2.05, 4.69) is 24.5 Å². The van der Waals surface area contributed by atoms with Gasteiger partial charge >= 0.3 is 0 Å². The van der Waals surface area contributed by atoms with Crippen molar-refractivity contribution in [2.75, 3.05) is 5.73 Å². The molecular weight excluding hydrogens is 232 g/mol. The summed E-state index contributed by atoms with van der Waals surface area (Å²) in [7, 11) is 0. The lowest BCUT2D eigenvalue weighted by Gasteiger charge is -1.99. The van der Waals surface area contributed by atoms with Gasteiger partial charge in [0.05, 0.1) is 5.69 Å². The second-order valence-electron chi connectivity index (χ2n) is 2.77. The van der Waals surface area contributed by atoms with E-state index in [1.54, 1.807) is 0 Å². The maximum Gasteiger partial charge on any atom is 0.224 e. The fourth-order valence-electron chi connectivity index (χ4n) is 1.13. The van der Waals surface area contributed by atoms with Crippen LogP contribution in [0.25, 0.3) is 10.7 Å². The Morgan fingerprint density at radius 2 is 2.27 bits per heavy atom.